The minimum atomic E-state index is -0.271. The highest BCUT2D eigenvalue weighted by Gasteiger charge is 2.31. The van der Waals surface area contributed by atoms with Crippen molar-refractivity contribution in [1.82, 2.24) is 14.8 Å². The zero-order chi connectivity index (χ0) is 26.6. The summed E-state index contributed by atoms with van der Waals surface area (Å²) in [6.45, 7) is 5.03. The topological polar surface area (TPSA) is 89.0 Å². The van der Waals surface area contributed by atoms with Crippen molar-refractivity contribution in [3.63, 3.8) is 0 Å². The number of ether oxygens (including phenoxy) is 1. The van der Waals surface area contributed by atoms with Gasteiger partial charge in [0.15, 0.2) is 12.3 Å². The van der Waals surface area contributed by atoms with Crippen molar-refractivity contribution in [3.05, 3.63) is 107 Å². The molecule has 4 aromatic rings. The smallest absolute Gasteiger partial charge is 0.275 e. The summed E-state index contributed by atoms with van der Waals surface area (Å²) in [6.07, 6.45) is 4.16. The predicted molar refractivity (Wildman–Crippen MR) is 141 cm³/mol. The maximum atomic E-state index is 12.9. The lowest BCUT2D eigenvalue weighted by Crippen LogP contribution is -2.40. The summed E-state index contributed by atoms with van der Waals surface area (Å²) >= 11 is 0. The maximum absolute atomic E-state index is 12.9. The minimum absolute atomic E-state index is 0.0702. The highest BCUT2D eigenvalue weighted by Crippen LogP contribution is 2.37. The molecular formula is C30H31N3O5. The van der Waals surface area contributed by atoms with Crippen molar-refractivity contribution in [3.8, 4) is 5.75 Å². The van der Waals surface area contributed by atoms with Crippen LogP contribution in [0.2, 0.25) is 0 Å². The molecule has 2 aromatic heterocycles. The van der Waals surface area contributed by atoms with Gasteiger partial charge in [-0.15, -0.1) is 0 Å². The van der Waals surface area contributed by atoms with Crippen LogP contribution < -0.4 is 4.74 Å². The molecule has 1 atom stereocenters. The molecule has 1 aliphatic heterocycles. The molecule has 1 unspecified atom stereocenters. The Morgan fingerprint density at radius 1 is 1.13 bits per heavy atom. The number of carbonyl (C=O) groups excluding carboxylic acids is 2. The van der Waals surface area contributed by atoms with Gasteiger partial charge in [0.05, 0.1) is 18.8 Å². The molecule has 0 radical (unpaired) electrons. The molecule has 8 nitrogen and oxygen atoms in total. The molecule has 3 heterocycles. The van der Waals surface area contributed by atoms with Gasteiger partial charge in [-0.05, 0) is 54.3 Å². The second-order valence-electron chi connectivity index (χ2n) is 9.52. The fourth-order valence-electron chi connectivity index (χ4n) is 4.79. The fourth-order valence-corrected chi connectivity index (χ4v) is 4.79. The lowest BCUT2D eigenvalue weighted by atomic mass is 9.87. The largest absolute Gasteiger partial charge is 0.484 e. The normalized spacial score (nSPS) is 14.7. The van der Waals surface area contributed by atoms with Gasteiger partial charge in [0.25, 0.3) is 5.91 Å². The maximum Gasteiger partial charge on any atom is 0.275 e. The number of nitrogens with zero attached hydrogens (tertiary/aromatic N) is 3. The first-order valence-corrected chi connectivity index (χ1v) is 12.8. The summed E-state index contributed by atoms with van der Waals surface area (Å²) in [5, 5.41) is 0. The van der Waals surface area contributed by atoms with E-state index in [0.717, 1.165) is 17.5 Å². The van der Waals surface area contributed by atoms with E-state index in [4.69, 9.17) is 13.6 Å². The standard InChI is InChI=1S/C30H31N3O5/c1-4-28(34)33-14-13-21-11-12-23(16-25(21)29(33)22-9-7-20(2)8-10-22)37-19-27-31-26(18-38-27)30(35)32(3)17-24-6-5-15-36-24/h5-12,15-16,18,29H,4,13-14,17,19H2,1-3H3. The van der Waals surface area contributed by atoms with Gasteiger partial charge >= 0.3 is 0 Å². The number of fused-ring (bicyclic) bond motifs is 1. The number of amides is 2. The molecule has 2 amide bonds. The van der Waals surface area contributed by atoms with E-state index in [-0.39, 0.29) is 30.2 Å². The van der Waals surface area contributed by atoms with Gasteiger partial charge in [0, 0.05) is 20.0 Å². The first-order valence-electron chi connectivity index (χ1n) is 12.8. The number of oxazole rings is 1. The summed E-state index contributed by atoms with van der Waals surface area (Å²) in [4.78, 5) is 33.4. The fraction of sp³-hybridized carbons (Fsp3) is 0.300. The lowest BCUT2D eigenvalue weighted by Gasteiger charge is -2.38. The molecular weight excluding hydrogens is 482 g/mol. The summed E-state index contributed by atoms with van der Waals surface area (Å²) < 4.78 is 16.8. The second kappa shape index (κ2) is 11.0. The average Bonchev–Trinajstić information content (AvgIpc) is 3.63. The van der Waals surface area contributed by atoms with Crippen LogP contribution in [0, 0.1) is 6.92 Å². The van der Waals surface area contributed by atoms with E-state index in [9.17, 15) is 9.59 Å². The number of hydrogen-bond acceptors (Lipinski definition) is 6. The first-order chi connectivity index (χ1) is 18.4. The van der Waals surface area contributed by atoms with E-state index in [1.54, 1.807) is 19.4 Å². The van der Waals surface area contributed by atoms with Gasteiger partial charge in [0.2, 0.25) is 11.8 Å². The molecule has 0 aliphatic carbocycles. The number of aromatic nitrogens is 1. The molecule has 0 spiro atoms. The Morgan fingerprint density at radius 2 is 1.95 bits per heavy atom. The zero-order valence-corrected chi connectivity index (χ0v) is 21.8. The number of hydrogen-bond donors (Lipinski definition) is 0. The number of benzene rings is 2. The van der Waals surface area contributed by atoms with Gasteiger partial charge in [0.1, 0.15) is 17.8 Å². The quantitative estimate of drug-likeness (QED) is 0.317. The van der Waals surface area contributed by atoms with Crippen molar-refractivity contribution < 1.29 is 23.2 Å². The van der Waals surface area contributed by atoms with Gasteiger partial charge in [-0.25, -0.2) is 4.98 Å². The summed E-state index contributed by atoms with van der Waals surface area (Å²) in [6, 6.07) is 17.7. The zero-order valence-electron chi connectivity index (χ0n) is 21.8. The van der Waals surface area contributed by atoms with Gasteiger partial charge < -0.3 is 23.4 Å². The SMILES string of the molecule is CCC(=O)N1CCc2ccc(OCc3nc(C(=O)N(C)Cc4ccco4)co3)cc2C1c1ccc(C)cc1. The van der Waals surface area contributed by atoms with E-state index in [1.165, 1.54) is 22.3 Å². The van der Waals surface area contributed by atoms with Crippen LogP contribution in [0.5, 0.6) is 5.75 Å². The van der Waals surface area contributed by atoms with E-state index >= 15 is 0 Å². The van der Waals surface area contributed by atoms with Crippen molar-refractivity contribution in [2.24, 2.45) is 0 Å². The van der Waals surface area contributed by atoms with E-state index in [1.807, 2.05) is 30.0 Å². The minimum Gasteiger partial charge on any atom is -0.484 e. The van der Waals surface area contributed by atoms with Gasteiger partial charge in [-0.3, -0.25) is 9.59 Å². The van der Waals surface area contributed by atoms with Crippen LogP contribution in [0.3, 0.4) is 0 Å². The Balaban J connectivity index is 1.32. The molecule has 8 heteroatoms. The summed E-state index contributed by atoms with van der Waals surface area (Å²) in [5.41, 5.74) is 4.71. The molecule has 38 heavy (non-hydrogen) atoms. The molecule has 2 aromatic carbocycles. The third-order valence-corrected chi connectivity index (χ3v) is 6.81. The number of aryl methyl sites for hydroxylation is 1. The van der Waals surface area contributed by atoms with Crippen molar-refractivity contribution in [2.75, 3.05) is 13.6 Å². The molecule has 0 fully saturated rings. The second-order valence-corrected chi connectivity index (χ2v) is 9.52. The van der Waals surface area contributed by atoms with E-state index in [2.05, 4.69) is 42.2 Å². The molecule has 5 rings (SSSR count). The monoisotopic (exact) mass is 513 g/mol. The molecule has 0 saturated carbocycles. The third-order valence-electron chi connectivity index (χ3n) is 6.81. The molecule has 0 bridgehead atoms. The van der Waals surface area contributed by atoms with Crippen LogP contribution >= 0.6 is 0 Å². The highest BCUT2D eigenvalue weighted by molar-refractivity contribution is 5.91. The third kappa shape index (κ3) is 5.34. The first kappa shape index (κ1) is 25.3. The molecule has 1 aliphatic rings. The van der Waals surface area contributed by atoms with Gasteiger partial charge in [-0.1, -0.05) is 42.8 Å². The summed E-state index contributed by atoms with van der Waals surface area (Å²) in [5.74, 6) is 1.49. The van der Waals surface area contributed by atoms with E-state index < -0.39 is 0 Å². The van der Waals surface area contributed by atoms with Crippen molar-refractivity contribution in [1.29, 1.82) is 0 Å². The van der Waals surface area contributed by atoms with Crippen molar-refractivity contribution in [2.45, 2.75) is 45.9 Å². The molecule has 0 saturated heterocycles. The Kier molecular flexibility index (Phi) is 7.31. The van der Waals surface area contributed by atoms with Crippen LogP contribution in [-0.4, -0.2) is 40.2 Å². The van der Waals surface area contributed by atoms with Crippen molar-refractivity contribution >= 4 is 11.8 Å². The highest BCUT2D eigenvalue weighted by atomic mass is 16.5. The van der Waals surface area contributed by atoms with Crippen LogP contribution in [-0.2, 0) is 24.4 Å². The number of carbonyl (C=O) groups is 2. The Labute approximate surface area is 221 Å². The van der Waals surface area contributed by atoms with Gasteiger partial charge in [-0.2, -0.15) is 0 Å². The van der Waals surface area contributed by atoms with Crippen LogP contribution in [0.1, 0.15) is 63.8 Å². The molecule has 196 valence electrons. The van der Waals surface area contributed by atoms with Crippen LogP contribution in [0.25, 0.3) is 0 Å². The Morgan fingerprint density at radius 3 is 2.68 bits per heavy atom. The van der Waals surface area contributed by atoms with E-state index in [0.29, 0.717) is 36.9 Å². The number of furan rings is 1. The average molecular weight is 514 g/mol. The Hall–Kier alpha value is -4.33. The molecule has 0 N–H and O–H groups in total. The Bertz CT molecular complexity index is 1410. The number of rotatable bonds is 8. The van der Waals surface area contributed by atoms with Crippen LogP contribution in [0.15, 0.2) is 76.0 Å². The lowest BCUT2D eigenvalue weighted by molar-refractivity contribution is -0.132. The summed E-state index contributed by atoms with van der Waals surface area (Å²) in [7, 11) is 1.68. The predicted octanol–water partition coefficient (Wildman–Crippen LogP) is 5.31. The van der Waals surface area contributed by atoms with Crippen LogP contribution in [0.4, 0.5) is 0 Å².